The van der Waals surface area contributed by atoms with Crippen LogP contribution in [0.4, 0.5) is 5.69 Å². The summed E-state index contributed by atoms with van der Waals surface area (Å²) in [5.74, 6) is 0.175. The molecule has 1 aliphatic heterocycles. The highest BCUT2D eigenvalue weighted by molar-refractivity contribution is 9.10. The Kier molecular flexibility index (Phi) is 3.78. The van der Waals surface area contributed by atoms with Crippen LogP contribution in [0.3, 0.4) is 0 Å². The summed E-state index contributed by atoms with van der Waals surface area (Å²) >= 11 is 3.44. The van der Waals surface area contributed by atoms with Crippen molar-refractivity contribution in [3.05, 3.63) is 28.7 Å². The zero-order chi connectivity index (χ0) is 13.3. The Morgan fingerprint density at radius 2 is 1.94 bits per heavy atom. The van der Waals surface area contributed by atoms with Crippen molar-refractivity contribution in [2.24, 2.45) is 0 Å². The highest BCUT2D eigenvalue weighted by Gasteiger charge is 2.31. The lowest BCUT2D eigenvalue weighted by molar-refractivity contribution is -0.122. The topological polar surface area (TPSA) is 23.6 Å². The minimum atomic E-state index is 0.0546. The van der Waals surface area contributed by atoms with Gasteiger partial charge in [0.15, 0.2) is 0 Å². The summed E-state index contributed by atoms with van der Waals surface area (Å²) in [5.41, 5.74) is 1.03. The predicted octanol–water partition coefficient (Wildman–Crippen LogP) is 2.90. The molecule has 0 saturated carbocycles. The summed E-state index contributed by atoms with van der Waals surface area (Å²) in [5, 5.41) is 0. The largest absolute Gasteiger partial charge is 0.310 e. The minimum absolute atomic E-state index is 0.0546. The van der Waals surface area contributed by atoms with Crippen LogP contribution >= 0.6 is 15.9 Å². The van der Waals surface area contributed by atoms with E-state index < -0.39 is 0 Å². The Morgan fingerprint density at radius 1 is 1.22 bits per heavy atom. The molecule has 1 saturated heterocycles. The fourth-order valence-corrected chi connectivity index (χ4v) is 2.55. The summed E-state index contributed by atoms with van der Waals surface area (Å²) in [7, 11) is 0. The van der Waals surface area contributed by atoms with Crippen LogP contribution in [0, 0.1) is 0 Å². The maximum atomic E-state index is 12.2. The zero-order valence-electron chi connectivity index (χ0n) is 11.1. The van der Waals surface area contributed by atoms with E-state index in [0.29, 0.717) is 6.54 Å². The van der Waals surface area contributed by atoms with E-state index >= 15 is 0 Å². The second-order valence-electron chi connectivity index (χ2n) is 5.62. The zero-order valence-corrected chi connectivity index (χ0v) is 12.7. The highest BCUT2D eigenvalue weighted by atomic mass is 79.9. The normalized spacial score (nSPS) is 18.2. The van der Waals surface area contributed by atoms with E-state index in [-0.39, 0.29) is 11.4 Å². The van der Waals surface area contributed by atoms with Gasteiger partial charge in [0.25, 0.3) is 0 Å². The van der Waals surface area contributed by atoms with Gasteiger partial charge in [0.05, 0.1) is 6.54 Å². The molecule has 1 heterocycles. The van der Waals surface area contributed by atoms with E-state index in [1.54, 1.807) is 0 Å². The van der Waals surface area contributed by atoms with Crippen LogP contribution in [0.5, 0.6) is 0 Å². The molecule has 0 N–H and O–H groups in total. The van der Waals surface area contributed by atoms with Gasteiger partial charge < -0.3 is 4.90 Å². The molecule has 1 aliphatic rings. The molecule has 1 aromatic carbocycles. The number of benzene rings is 1. The van der Waals surface area contributed by atoms with Crippen LogP contribution in [-0.4, -0.2) is 36.0 Å². The maximum absolute atomic E-state index is 12.2. The van der Waals surface area contributed by atoms with E-state index in [0.717, 1.165) is 23.2 Å². The number of rotatable bonds is 1. The number of amides is 1. The monoisotopic (exact) mass is 310 g/mol. The number of halogens is 1. The Bertz CT molecular complexity index is 453. The second-order valence-corrected chi connectivity index (χ2v) is 6.53. The van der Waals surface area contributed by atoms with Gasteiger partial charge in [0.2, 0.25) is 5.91 Å². The van der Waals surface area contributed by atoms with Crippen LogP contribution in [0.1, 0.15) is 20.8 Å². The molecule has 0 atom stereocenters. The first-order valence-electron chi connectivity index (χ1n) is 6.19. The number of nitrogens with zero attached hydrogens (tertiary/aromatic N) is 2. The Balaban J connectivity index is 2.13. The van der Waals surface area contributed by atoms with E-state index in [1.165, 1.54) is 0 Å². The molecule has 0 aromatic heterocycles. The van der Waals surface area contributed by atoms with Crippen molar-refractivity contribution in [3.63, 3.8) is 0 Å². The van der Waals surface area contributed by atoms with Crippen molar-refractivity contribution in [3.8, 4) is 0 Å². The van der Waals surface area contributed by atoms with Gasteiger partial charge in [-0.05, 0) is 39.0 Å². The number of piperazine rings is 1. The predicted molar refractivity (Wildman–Crippen MR) is 77.8 cm³/mol. The third kappa shape index (κ3) is 2.93. The molecule has 4 heteroatoms. The molecule has 0 radical (unpaired) electrons. The molecule has 2 rings (SSSR count). The van der Waals surface area contributed by atoms with Crippen molar-refractivity contribution in [1.29, 1.82) is 0 Å². The molecule has 0 bridgehead atoms. The smallest absolute Gasteiger partial charge is 0.241 e. The third-order valence-electron chi connectivity index (χ3n) is 3.29. The first-order valence-corrected chi connectivity index (χ1v) is 6.98. The summed E-state index contributed by atoms with van der Waals surface area (Å²) in [6.45, 7) is 8.61. The summed E-state index contributed by atoms with van der Waals surface area (Å²) < 4.78 is 1.01. The summed E-state index contributed by atoms with van der Waals surface area (Å²) in [6.07, 6.45) is 0. The van der Waals surface area contributed by atoms with Crippen LogP contribution in [0.25, 0.3) is 0 Å². The number of hydrogen-bond acceptors (Lipinski definition) is 2. The summed E-state index contributed by atoms with van der Waals surface area (Å²) in [4.78, 5) is 16.3. The van der Waals surface area contributed by atoms with Crippen molar-refractivity contribution in [2.45, 2.75) is 26.3 Å². The van der Waals surface area contributed by atoms with Crippen LogP contribution < -0.4 is 4.90 Å². The van der Waals surface area contributed by atoms with Gasteiger partial charge in [-0.15, -0.1) is 0 Å². The van der Waals surface area contributed by atoms with Crippen molar-refractivity contribution < 1.29 is 4.79 Å². The van der Waals surface area contributed by atoms with Crippen molar-refractivity contribution in [1.82, 2.24) is 4.90 Å². The third-order valence-corrected chi connectivity index (χ3v) is 3.78. The van der Waals surface area contributed by atoms with Gasteiger partial charge in [-0.25, -0.2) is 0 Å². The molecule has 3 nitrogen and oxygen atoms in total. The number of carbonyl (C=O) groups is 1. The number of hydrogen-bond donors (Lipinski definition) is 0. The average Bonchev–Trinajstić information content (AvgIpc) is 2.27. The summed E-state index contributed by atoms with van der Waals surface area (Å²) in [6, 6.07) is 7.91. The SMILES string of the molecule is CC(C)(C)N1CCN(c2cccc(Br)c2)C(=O)C1. The van der Waals surface area contributed by atoms with Crippen LogP contribution in [0.15, 0.2) is 28.7 Å². The van der Waals surface area contributed by atoms with Crippen molar-refractivity contribution >= 4 is 27.5 Å². The van der Waals surface area contributed by atoms with Crippen molar-refractivity contribution in [2.75, 3.05) is 24.5 Å². The Labute approximate surface area is 117 Å². The van der Waals surface area contributed by atoms with E-state index in [9.17, 15) is 4.79 Å². The fourth-order valence-electron chi connectivity index (χ4n) is 2.16. The molecule has 0 spiro atoms. The highest BCUT2D eigenvalue weighted by Crippen LogP contribution is 2.24. The number of anilines is 1. The van der Waals surface area contributed by atoms with Gasteiger partial charge in [-0.1, -0.05) is 22.0 Å². The van der Waals surface area contributed by atoms with Gasteiger partial charge in [-0.2, -0.15) is 0 Å². The van der Waals surface area contributed by atoms with Gasteiger partial charge in [0, 0.05) is 28.8 Å². The Hall–Kier alpha value is -0.870. The molecule has 1 fully saturated rings. The lowest BCUT2D eigenvalue weighted by Gasteiger charge is -2.41. The molecule has 1 amide bonds. The van der Waals surface area contributed by atoms with Crippen LogP contribution in [-0.2, 0) is 4.79 Å². The van der Waals surface area contributed by atoms with Gasteiger partial charge in [-0.3, -0.25) is 9.69 Å². The molecule has 1 aromatic rings. The first kappa shape index (κ1) is 13.6. The molecule has 0 aliphatic carbocycles. The first-order chi connectivity index (χ1) is 8.38. The van der Waals surface area contributed by atoms with E-state index in [1.807, 2.05) is 29.2 Å². The van der Waals surface area contributed by atoms with Crippen LogP contribution in [0.2, 0.25) is 0 Å². The molecule has 18 heavy (non-hydrogen) atoms. The quantitative estimate of drug-likeness (QED) is 0.796. The van der Waals surface area contributed by atoms with Gasteiger partial charge in [0.1, 0.15) is 0 Å². The molecule has 0 unspecified atom stereocenters. The maximum Gasteiger partial charge on any atom is 0.241 e. The average molecular weight is 311 g/mol. The van der Waals surface area contributed by atoms with E-state index in [4.69, 9.17) is 0 Å². The Morgan fingerprint density at radius 3 is 2.50 bits per heavy atom. The lowest BCUT2D eigenvalue weighted by atomic mass is 10.0. The lowest BCUT2D eigenvalue weighted by Crippen LogP contribution is -2.56. The fraction of sp³-hybridized carbons (Fsp3) is 0.500. The molecular formula is C14H19BrN2O. The minimum Gasteiger partial charge on any atom is -0.310 e. The molecular weight excluding hydrogens is 292 g/mol. The standard InChI is InChI=1S/C14H19BrN2O/c1-14(2,3)16-7-8-17(13(18)10-16)12-6-4-5-11(15)9-12/h4-6,9H,7-8,10H2,1-3H3. The van der Waals surface area contributed by atoms with Gasteiger partial charge >= 0.3 is 0 Å². The van der Waals surface area contributed by atoms with E-state index in [2.05, 4.69) is 41.6 Å². The number of carbonyl (C=O) groups excluding carboxylic acids is 1. The molecule has 98 valence electrons. The second kappa shape index (κ2) is 5.02.